The van der Waals surface area contributed by atoms with E-state index in [1.807, 2.05) is 0 Å². The van der Waals surface area contributed by atoms with Crippen molar-refractivity contribution in [2.24, 2.45) is 44.4 Å². The third-order valence-electron chi connectivity index (χ3n) is 6.48. The van der Waals surface area contributed by atoms with Gasteiger partial charge in [-0.3, -0.25) is 34.0 Å². The number of hydrogen-bond acceptors (Lipinski definition) is 10. The number of carbonyl (C=O) groups is 6. The Hall–Kier alpha value is -4.72. The summed E-state index contributed by atoms with van der Waals surface area (Å²) in [7, 11) is 0. The number of carboxylic acid groups (broad SMARTS) is 2. The van der Waals surface area contributed by atoms with Crippen LogP contribution >= 0.6 is 0 Å². The van der Waals surface area contributed by atoms with Crippen molar-refractivity contribution in [3.63, 3.8) is 0 Å². The third-order valence-corrected chi connectivity index (χ3v) is 6.48. The molecule has 0 heterocycles. The van der Waals surface area contributed by atoms with Crippen LogP contribution < -0.4 is 55.7 Å². The van der Waals surface area contributed by atoms with Gasteiger partial charge in [0, 0.05) is 19.5 Å². The van der Waals surface area contributed by atoms with Crippen molar-refractivity contribution in [2.45, 2.75) is 94.9 Å². The summed E-state index contributed by atoms with van der Waals surface area (Å²) in [4.78, 5) is 82.0. The maximum absolute atomic E-state index is 13.1. The van der Waals surface area contributed by atoms with E-state index in [4.69, 9.17) is 39.5 Å². The molecule has 20 heteroatoms. The number of rotatable bonds is 24. The van der Waals surface area contributed by atoms with Crippen LogP contribution in [0.1, 0.15) is 64.7 Å². The number of nitrogens with zero attached hydrogens (tertiary/aromatic N) is 2. The molecule has 18 N–H and O–H groups in total. The first kappa shape index (κ1) is 41.3. The Balaban J connectivity index is 5.61. The molecule has 0 aliphatic heterocycles. The summed E-state index contributed by atoms with van der Waals surface area (Å²) in [5, 5.41) is 28.3. The molecule has 0 rings (SSSR count). The molecule has 20 nitrogen and oxygen atoms in total. The lowest BCUT2D eigenvalue weighted by Crippen LogP contribution is -2.57. The van der Waals surface area contributed by atoms with Crippen LogP contribution in [0.4, 0.5) is 0 Å². The van der Waals surface area contributed by atoms with E-state index in [2.05, 4.69) is 31.3 Å². The van der Waals surface area contributed by atoms with E-state index in [9.17, 15) is 33.9 Å². The molecular weight excluding hydrogens is 608 g/mol. The van der Waals surface area contributed by atoms with Crippen LogP contribution in [-0.2, 0) is 28.8 Å². The molecule has 0 fully saturated rings. The fourth-order valence-electron chi connectivity index (χ4n) is 3.93. The van der Waals surface area contributed by atoms with Gasteiger partial charge in [0.1, 0.15) is 24.2 Å². The number of aliphatic carboxylic acids is 2. The minimum Gasteiger partial charge on any atom is -0.481 e. The largest absolute Gasteiger partial charge is 0.481 e. The number of aliphatic imine (C=N–C) groups is 2. The number of carboxylic acids is 2. The zero-order valence-corrected chi connectivity index (χ0v) is 26.1. The van der Waals surface area contributed by atoms with Crippen LogP contribution in [0.15, 0.2) is 9.98 Å². The third kappa shape index (κ3) is 18.8. The molecule has 0 aromatic carbocycles. The second-order valence-corrected chi connectivity index (χ2v) is 10.5. The van der Waals surface area contributed by atoms with E-state index in [1.165, 1.54) is 6.92 Å². The second-order valence-electron chi connectivity index (χ2n) is 10.5. The number of hydrogen-bond donors (Lipinski definition) is 12. The molecule has 5 atom stereocenters. The van der Waals surface area contributed by atoms with Crippen molar-refractivity contribution in [1.29, 1.82) is 0 Å². The highest BCUT2D eigenvalue weighted by Gasteiger charge is 2.30. The van der Waals surface area contributed by atoms with Crippen LogP contribution in [0.5, 0.6) is 0 Å². The molecule has 0 aromatic rings. The van der Waals surface area contributed by atoms with E-state index < -0.39 is 65.8 Å². The Morgan fingerprint density at radius 3 is 1.57 bits per heavy atom. The summed E-state index contributed by atoms with van der Waals surface area (Å²) in [5.41, 5.74) is 32.5. The molecule has 262 valence electrons. The Kier molecular flexibility index (Phi) is 20.4. The maximum atomic E-state index is 13.1. The average Bonchev–Trinajstić information content (AvgIpc) is 2.97. The summed E-state index contributed by atoms with van der Waals surface area (Å²) >= 11 is 0. The molecule has 0 spiro atoms. The number of amides is 4. The molecule has 0 saturated heterocycles. The molecule has 0 aliphatic carbocycles. The molecule has 0 saturated carbocycles. The van der Waals surface area contributed by atoms with Gasteiger partial charge in [0.15, 0.2) is 11.9 Å². The first-order valence-electron chi connectivity index (χ1n) is 14.8. The fraction of sp³-hybridized carbons (Fsp3) is 0.692. The lowest BCUT2D eigenvalue weighted by molar-refractivity contribution is -0.142. The van der Waals surface area contributed by atoms with Crippen molar-refractivity contribution >= 4 is 47.5 Å². The number of guanidine groups is 2. The topological polar surface area (TPSA) is 372 Å². The molecular formula is C26H50N12O8. The molecule has 0 radical (unpaired) electrons. The predicted octanol–water partition coefficient (Wildman–Crippen LogP) is -4.54. The summed E-state index contributed by atoms with van der Waals surface area (Å²) in [5.74, 6) is -5.82. The average molecular weight is 659 g/mol. The number of nitrogens with one attached hydrogen (secondary N) is 4. The van der Waals surface area contributed by atoms with Crippen LogP contribution in [0.25, 0.3) is 0 Å². The van der Waals surface area contributed by atoms with Gasteiger partial charge in [-0.25, -0.2) is 4.79 Å². The van der Waals surface area contributed by atoms with Crippen molar-refractivity contribution in [1.82, 2.24) is 21.3 Å². The molecule has 46 heavy (non-hydrogen) atoms. The van der Waals surface area contributed by atoms with E-state index >= 15 is 0 Å². The second kappa shape index (κ2) is 22.7. The van der Waals surface area contributed by atoms with Crippen LogP contribution in [0, 0.1) is 0 Å². The van der Waals surface area contributed by atoms with E-state index in [0.717, 1.165) is 0 Å². The lowest BCUT2D eigenvalue weighted by Gasteiger charge is -2.25. The van der Waals surface area contributed by atoms with Crippen molar-refractivity contribution < 1.29 is 39.0 Å². The van der Waals surface area contributed by atoms with Gasteiger partial charge < -0.3 is 65.9 Å². The predicted molar refractivity (Wildman–Crippen MR) is 169 cm³/mol. The SMILES string of the molecule is C[C@H](NC(=O)[C@H](CCCCN)NC(=O)[C@@H](N)CCC(=O)O)C(=O)N[C@@H](CCCN=C(N)N)C(=O)N[C@@H](CCCN=C(N)N)C(=O)O. The standard InChI is InChI=1S/C26H50N12O8/c1-14(35-22(43)16(6-2-3-11-27)37-21(42)15(28)9-10-19(39)40)20(41)36-17(7-4-12-33-25(29)30)23(44)38-18(24(45)46)8-5-13-34-26(31)32/h14-18H,2-13,27-28H2,1H3,(H,35,43)(H,36,41)(H,37,42)(H,38,44)(H,39,40)(H,45,46)(H4,29,30,33)(H4,31,32,34)/t14-,15-,16-,17-,18-/m0/s1. The number of unbranched alkanes of at least 4 members (excludes halogenated alkanes) is 1. The van der Waals surface area contributed by atoms with Gasteiger partial charge in [-0.15, -0.1) is 0 Å². The summed E-state index contributed by atoms with van der Waals surface area (Å²) in [6, 6.07) is -6.03. The van der Waals surface area contributed by atoms with Gasteiger partial charge >= 0.3 is 11.9 Å². The summed E-state index contributed by atoms with van der Waals surface area (Å²) in [6.07, 6.45) is 1.15. The zero-order chi connectivity index (χ0) is 35.2. The lowest BCUT2D eigenvalue weighted by atomic mass is 10.1. The van der Waals surface area contributed by atoms with Crippen LogP contribution in [-0.4, -0.2) is 108 Å². The first-order chi connectivity index (χ1) is 21.6. The van der Waals surface area contributed by atoms with Crippen molar-refractivity contribution in [3.8, 4) is 0 Å². The van der Waals surface area contributed by atoms with E-state index in [-0.39, 0.29) is 70.0 Å². The number of nitrogens with two attached hydrogens (primary N) is 6. The van der Waals surface area contributed by atoms with Crippen LogP contribution in [0.2, 0.25) is 0 Å². The number of carbonyl (C=O) groups excluding carboxylic acids is 4. The van der Waals surface area contributed by atoms with Gasteiger partial charge in [0.2, 0.25) is 23.6 Å². The smallest absolute Gasteiger partial charge is 0.326 e. The van der Waals surface area contributed by atoms with Gasteiger partial charge in [-0.1, -0.05) is 0 Å². The molecule has 0 aromatic heterocycles. The zero-order valence-electron chi connectivity index (χ0n) is 26.1. The molecule has 4 amide bonds. The van der Waals surface area contributed by atoms with Gasteiger partial charge in [0.05, 0.1) is 6.04 Å². The minimum absolute atomic E-state index is 0.00376. The van der Waals surface area contributed by atoms with Gasteiger partial charge in [-0.2, -0.15) is 0 Å². The summed E-state index contributed by atoms with van der Waals surface area (Å²) in [6.45, 7) is 1.95. The normalized spacial score (nSPS) is 13.9. The maximum Gasteiger partial charge on any atom is 0.326 e. The van der Waals surface area contributed by atoms with Crippen molar-refractivity contribution in [2.75, 3.05) is 19.6 Å². The van der Waals surface area contributed by atoms with Crippen molar-refractivity contribution in [3.05, 3.63) is 0 Å². The monoisotopic (exact) mass is 658 g/mol. The Morgan fingerprint density at radius 2 is 1.09 bits per heavy atom. The molecule has 0 aliphatic rings. The quantitative estimate of drug-likeness (QED) is 0.0264. The van der Waals surface area contributed by atoms with Gasteiger partial charge in [-0.05, 0) is 64.8 Å². The highest BCUT2D eigenvalue weighted by atomic mass is 16.4. The fourth-order valence-corrected chi connectivity index (χ4v) is 3.93. The molecule has 0 bridgehead atoms. The van der Waals surface area contributed by atoms with Crippen LogP contribution in [0.3, 0.4) is 0 Å². The molecule has 0 unspecified atom stereocenters. The highest BCUT2D eigenvalue weighted by Crippen LogP contribution is 2.06. The Bertz CT molecular complexity index is 1080. The Morgan fingerprint density at radius 1 is 0.630 bits per heavy atom. The highest BCUT2D eigenvalue weighted by molar-refractivity contribution is 5.95. The van der Waals surface area contributed by atoms with E-state index in [0.29, 0.717) is 19.4 Å². The van der Waals surface area contributed by atoms with Gasteiger partial charge in [0.25, 0.3) is 0 Å². The van der Waals surface area contributed by atoms with E-state index in [1.54, 1.807) is 0 Å². The minimum atomic E-state index is -1.31. The summed E-state index contributed by atoms with van der Waals surface area (Å²) < 4.78 is 0. The first-order valence-corrected chi connectivity index (χ1v) is 14.8. The Labute approximate surface area is 266 Å².